The van der Waals surface area contributed by atoms with Crippen molar-refractivity contribution in [2.75, 3.05) is 0 Å². The highest BCUT2D eigenvalue weighted by Crippen LogP contribution is 2.27. The van der Waals surface area contributed by atoms with E-state index >= 15 is 0 Å². The monoisotopic (exact) mass is 178 g/mol. The van der Waals surface area contributed by atoms with Gasteiger partial charge in [0, 0.05) is 6.20 Å². The molecule has 1 fully saturated rings. The second-order valence-electron chi connectivity index (χ2n) is 3.61. The zero-order chi connectivity index (χ0) is 9.10. The topological polar surface area (TPSA) is 34.9 Å². The van der Waals surface area contributed by atoms with Crippen molar-refractivity contribution in [2.24, 2.45) is 0 Å². The quantitative estimate of drug-likeness (QED) is 0.651. The van der Waals surface area contributed by atoms with Gasteiger partial charge in [0.25, 0.3) is 0 Å². The summed E-state index contributed by atoms with van der Waals surface area (Å²) >= 11 is 0. The minimum absolute atomic E-state index is 0.462. The number of carbonyl (C=O) groups excluding carboxylic acids is 1. The average Bonchev–Trinajstić information content (AvgIpc) is 2.67. The molecule has 0 aliphatic heterocycles. The van der Waals surface area contributed by atoms with Crippen molar-refractivity contribution >= 4 is 6.29 Å². The van der Waals surface area contributed by atoms with E-state index in [2.05, 4.69) is 5.10 Å². The molecule has 0 bridgehead atoms. The molecule has 0 aromatic carbocycles. The lowest BCUT2D eigenvalue weighted by atomic mass is 9.95. The van der Waals surface area contributed by atoms with E-state index in [1.165, 1.54) is 32.1 Å². The third-order valence-corrected chi connectivity index (χ3v) is 2.74. The van der Waals surface area contributed by atoms with Gasteiger partial charge in [-0.1, -0.05) is 19.3 Å². The fraction of sp³-hybridized carbons (Fsp3) is 0.600. The zero-order valence-electron chi connectivity index (χ0n) is 7.65. The van der Waals surface area contributed by atoms with Crippen LogP contribution in [0.3, 0.4) is 0 Å². The predicted molar refractivity (Wildman–Crippen MR) is 49.7 cm³/mol. The Labute approximate surface area is 77.7 Å². The summed E-state index contributed by atoms with van der Waals surface area (Å²) in [7, 11) is 0. The normalized spacial score (nSPS) is 18.8. The molecule has 0 radical (unpaired) electrons. The fourth-order valence-corrected chi connectivity index (χ4v) is 2.05. The standard InChI is InChI=1S/C10H14N2O/c13-8-10-6-7-11-12(10)9-4-2-1-3-5-9/h6-9H,1-5H2. The van der Waals surface area contributed by atoms with E-state index in [9.17, 15) is 4.79 Å². The van der Waals surface area contributed by atoms with Crippen molar-refractivity contribution < 1.29 is 4.79 Å². The van der Waals surface area contributed by atoms with Crippen LogP contribution in [0.15, 0.2) is 12.3 Å². The van der Waals surface area contributed by atoms with Gasteiger partial charge in [-0.3, -0.25) is 9.48 Å². The molecule has 3 heteroatoms. The molecule has 1 aliphatic carbocycles. The summed E-state index contributed by atoms with van der Waals surface area (Å²) in [6, 6.07) is 2.24. The molecule has 1 aromatic rings. The smallest absolute Gasteiger partial charge is 0.168 e. The molecule has 0 spiro atoms. The molecule has 0 atom stereocenters. The van der Waals surface area contributed by atoms with Crippen LogP contribution in [0.1, 0.15) is 48.6 Å². The molecule has 1 heterocycles. The highest BCUT2D eigenvalue weighted by atomic mass is 16.1. The van der Waals surface area contributed by atoms with Crippen LogP contribution < -0.4 is 0 Å². The lowest BCUT2D eigenvalue weighted by molar-refractivity contribution is 0.111. The van der Waals surface area contributed by atoms with Crippen LogP contribution in [0.25, 0.3) is 0 Å². The van der Waals surface area contributed by atoms with E-state index < -0.39 is 0 Å². The number of hydrogen-bond donors (Lipinski definition) is 0. The first-order valence-electron chi connectivity index (χ1n) is 4.90. The van der Waals surface area contributed by atoms with Gasteiger partial charge in [-0.25, -0.2) is 0 Å². The van der Waals surface area contributed by atoms with Crippen LogP contribution in [0.2, 0.25) is 0 Å². The summed E-state index contributed by atoms with van der Waals surface area (Å²) in [5, 5.41) is 4.20. The predicted octanol–water partition coefficient (Wildman–Crippen LogP) is 2.20. The fourth-order valence-electron chi connectivity index (χ4n) is 2.05. The number of carbonyl (C=O) groups is 1. The van der Waals surface area contributed by atoms with Gasteiger partial charge in [-0.05, 0) is 18.9 Å². The molecule has 0 unspecified atom stereocenters. The van der Waals surface area contributed by atoms with Crippen molar-refractivity contribution in [2.45, 2.75) is 38.1 Å². The van der Waals surface area contributed by atoms with E-state index in [0.29, 0.717) is 11.7 Å². The van der Waals surface area contributed by atoms with Crippen molar-refractivity contribution in [1.29, 1.82) is 0 Å². The van der Waals surface area contributed by atoms with Crippen molar-refractivity contribution in [3.05, 3.63) is 18.0 Å². The summed E-state index contributed by atoms with van der Waals surface area (Å²) in [4.78, 5) is 10.7. The Bertz CT molecular complexity index is 287. The Morgan fingerprint density at radius 1 is 1.38 bits per heavy atom. The maximum atomic E-state index is 10.7. The summed E-state index contributed by atoms with van der Waals surface area (Å²) in [6.07, 6.45) is 8.80. The average molecular weight is 178 g/mol. The highest BCUT2D eigenvalue weighted by Gasteiger charge is 2.17. The Morgan fingerprint density at radius 3 is 2.85 bits per heavy atom. The Kier molecular flexibility index (Phi) is 2.43. The first kappa shape index (κ1) is 8.48. The van der Waals surface area contributed by atoms with Gasteiger partial charge in [-0.15, -0.1) is 0 Å². The molecule has 1 aromatic heterocycles. The lowest BCUT2D eigenvalue weighted by Gasteiger charge is -2.22. The van der Waals surface area contributed by atoms with Gasteiger partial charge in [0.1, 0.15) is 5.69 Å². The summed E-state index contributed by atoms with van der Waals surface area (Å²) in [6.45, 7) is 0. The van der Waals surface area contributed by atoms with E-state index in [-0.39, 0.29) is 0 Å². The Hall–Kier alpha value is -1.12. The first-order chi connectivity index (χ1) is 6.42. The maximum Gasteiger partial charge on any atom is 0.168 e. The second kappa shape index (κ2) is 3.73. The van der Waals surface area contributed by atoms with Gasteiger partial charge in [0.15, 0.2) is 6.29 Å². The van der Waals surface area contributed by atoms with Gasteiger partial charge in [0.2, 0.25) is 0 Å². The van der Waals surface area contributed by atoms with Crippen LogP contribution in [0, 0.1) is 0 Å². The minimum Gasteiger partial charge on any atom is -0.296 e. The van der Waals surface area contributed by atoms with E-state index in [4.69, 9.17) is 0 Å². The molecule has 1 saturated carbocycles. The van der Waals surface area contributed by atoms with Gasteiger partial charge in [0.05, 0.1) is 6.04 Å². The van der Waals surface area contributed by atoms with E-state index in [0.717, 1.165) is 6.29 Å². The van der Waals surface area contributed by atoms with Crippen molar-refractivity contribution in [1.82, 2.24) is 9.78 Å². The van der Waals surface area contributed by atoms with Gasteiger partial charge < -0.3 is 0 Å². The summed E-state index contributed by atoms with van der Waals surface area (Å²) in [5.74, 6) is 0. The molecule has 1 aliphatic rings. The number of rotatable bonds is 2. The van der Waals surface area contributed by atoms with Gasteiger partial charge >= 0.3 is 0 Å². The molecule has 0 N–H and O–H groups in total. The number of hydrogen-bond acceptors (Lipinski definition) is 2. The first-order valence-corrected chi connectivity index (χ1v) is 4.90. The van der Waals surface area contributed by atoms with Crippen LogP contribution in [-0.4, -0.2) is 16.1 Å². The van der Waals surface area contributed by atoms with Crippen LogP contribution in [0.4, 0.5) is 0 Å². The van der Waals surface area contributed by atoms with Gasteiger partial charge in [-0.2, -0.15) is 5.10 Å². The molecule has 70 valence electrons. The van der Waals surface area contributed by atoms with Crippen LogP contribution in [0.5, 0.6) is 0 Å². The molecular formula is C10H14N2O. The summed E-state index contributed by atoms with van der Waals surface area (Å²) < 4.78 is 1.88. The zero-order valence-corrected chi connectivity index (χ0v) is 7.65. The minimum atomic E-state index is 0.462. The van der Waals surface area contributed by atoms with E-state index in [1.54, 1.807) is 12.3 Å². The molecular weight excluding hydrogens is 164 g/mol. The second-order valence-corrected chi connectivity index (χ2v) is 3.61. The lowest BCUT2D eigenvalue weighted by Crippen LogP contribution is -2.16. The van der Waals surface area contributed by atoms with Crippen molar-refractivity contribution in [3.8, 4) is 0 Å². The van der Waals surface area contributed by atoms with Crippen LogP contribution >= 0.6 is 0 Å². The number of aldehydes is 1. The van der Waals surface area contributed by atoms with Crippen LogP contribution in [-0.2, 0) is 0 Å². The van der Waals surface area contributed by atoms with E-state index in [1.807, 2.05) is 4.68 Å². The maximum absolute atomic E-state index is 10.7. The number of nitrogens with zero attached hydrogens (tertiary/aromatic N) is 2. The van der Waals surface area contributed by atoms with Crippen molar-refractivity contribution in [3.63, 3.8) is 0 Å². The Morgan fingerprint density at radius 2 is 2.15 bits per heavy atom. The highest BCUT2D eigenvalue weighted by molar-refractivity contribution is 5.71. The molecule has 3 nitrogen and oxygen atoms in total. The largest absolute Gasteiger partial charge is 0.296 e. The molecule has 2 rings (SSSR count). The summed E-state index contributed by atoms with van der Waals surface area (Å²) in [5.41, 5.74) is 0.715. The molecule has 0 amide bonds. The molecule has 13 heavy (non-hydrogen) atoms. The Balaban J connectivity index is 2.17. The number of aromatic nitrogens is 2. The third-order valence-electron chi connectivity index (χ3n) is 2.74. The third kappa shape index (κ3) is 1.64. The SMILES string of the molecule is O=Cc1ccnn1C1CCCCC1. The molecule has 0 saturated heterocycles.